The SMILES string of the molecule is COc1ccccc1NC(=O)[C@@H]1Cc2ccccc2CN1S(=O)(=O)c1ccccc1. The van der Waals surface area contributed by atoms with Crippen LogP contribution in [0, 0.1) is 0 Å². The average Bonchev–Trinajstić information content (AvgIpc) is 2.79. The fraction of sp³-hybridized carbons (Fsp3) is 0.174. The molecule has 0 radical (unpaired) electrons. The number of hydrogen-bond acceptors (Lipinski definition) is 4. The van der Waals surface area contributed by atoms with E-state index < -0.39 is 22.0 Å². The number of fused-ring (bicyclic) bond motifs is 1. The van der Waals surface area contributed by atoms with Crippen molar-refractivity contribution in [3.63, 3.8) is 0 Å². The van der Waals surface area contributed by atoms with E-state index in [0.29, 0.717) is 17.9 Å². The van der Waals surface area contributed by atoms with E-state index in [4.69, 9.17) is 4.74 Å². The molecular formula is C23H22N2O4S. The van der Waals surface area contributed by atoms with Crippen LogP contribution in [0.3, 0.4) is 0 Å². The Morgan fingerprint density at radius 1 is 0.933 bits per heavy atom. The molecule has 1 atom stereocenters. The van der Waals surface area contributed by atoms with Gasteiger partial charge >= 0.3 is 0 Å². The Bertz CT molecular complexity index is 1160. The van der Waals surface area contributed by atoms with Crippen LogP contribution >= 0.6 is 0 Å². The molecular weight excluding hydrogens is 400 g/mol. The number of nitrogens with zero attached hydrogens (tertiary/aromatic N) is 1. The summed E-state index contributed by atoms with van der Waals surface area (Å²) in [7, 11) is -2.34. The van der Waals surface area contributed by atoms with Crippen LogP contribution in [0.25, 0.3) is 0 Å². The molecule has 0 saturated carbocycles. The number of ether oxygens (including phenoxy) is 1. The summed E-state index contributed by atoms with van der Waals surface area (Å²) in [6.45, 7) is 0.136. The van der Waals surface area contributed by atoms with Gasteiger partial charge in [-0.25, -0.2) is 8.42 Å². The number of sulfonamides is 1. The highest BCUT2D eigenvalue weighted by Gasteiger charge is 2.39. The summed E-state index contributed by atoms with van der Waals surface area (Å²) in [5.41, 5.74) is 2.37. The topological polar surface area (TPSA) is 75.7 Å². The van der Waals surface area contributed by atoms with Gasteiger partial charge in [-0.3, -0.25) is 4.79 Å². The summed E-state index contributed by atoms with van der Waals surface area (Å²) in [6.07, 6.45) is 0.295. The normalized spacial score (nSPS) is 16.5. The number of hydrogen-bond donors (Lipinski definition) is 1. The fourth-order valence-electron chi connectivity index (χ4n) is 3.67. The lowest BCUT2D eigenvalue weighted by Gasteiger charge is -2.35. The minimum Gasteiger partial charge on any atom is -0.495 e. The summed E-state index contributed by atoms with van der Waals surface area (Å²) in [6, 6.07) is 22.0. The van der Waals surface area contributed by atoms with E-state index in [2.05, 4.69) is 5.32 Å². The first-order valence-corrected chi connectivity index (χ1v) is 11.0. The van der Waals surface area contributed by atoms with Gasteiger partial charge in [0.15, 0.2) is 0 Å². The van der Waals surface area contributed by atoms with E-state index in [1.807, 2.05) is 24.3 Å². The van der Waals surface area contributed by atoms with Crippen molar-refractivity contribution in [3.8, 4) is 5.75 Å². The number of nitrogens with one attached hydrogen (secondary N) is 1. The molecule has 154 valence electrons. The maximum Gasteiger partial charge on any atom is 0.244 e. The molecule has 30 heavy (non-hydrogen) atoms. The van der Waals surface area contributed by atoms with Gasteiger partial charge in [0.25, 0.3) is 0 Å². The van der Waals surface area contributed by atoms with Gasteiger partial charge < -0.3 is 10.1 Å². The Hall–Kier alpha value is -3.16. The monoisotopic (exact) mass is 422 g/mol. The first-order chi connectivity index (χ1) is 14.5. The van der Waals surface area contributed by atoms with Crippen molar-refractivity contribution in [1.29, 1.82) is 0 Å². The van der Waals surface area contributed by atoms with Crippen molar-refractivity contribution in [2.24, 2.45) is 0 Å². The van der Waals surface area contributed by atoms with Crippen LogP contribution in [0.4, 0.5) is 5.69 Å². The van der Waals surface area contributed by atoms with Crippen molar-refractivity contribution in [2.75, 3.05) is 12.4 Å². The highest BCUT2D eigenvalue weighted by atomic mass is 32.2. The van der Waals surface area contributed by atoms with Crippen molar-refractivity contribution in [1.82, 2.24) is 4.31 Å². The minimum atomic E-state index is -3.87. The Labute approximate surface area is 176 Å². The molecule has 6 nitrogen and oxygen atoms in total. The summed E-state index contributed by atoms with van der Waals surface area (Å²) in [4.78, 5) is 13.4. The van der Waals surface area contributed by atoms with E-state index in [0.717, 1.165) is 11.1 Å². The van der Waals surface area contributed by atoms with Gasteiger partial charge in [-0.15, -0.1) is 0 Å². The Morgan fingerprint density at radius 3 is 2.30 bits per heavy atom. The van der Waals surface area contributed by atoms with Crippen LogP contribution in [0.1, 0.15) is 11.1 Å². The molecule has 1 aliphatic heterocycles. The maximum absolute atomic E-state index is 13.4. The van der Waals surface area contributed by atoms with Gasteiger partial charge in [-0.05, 0) is 41.8 Å². The van der Waals surface area contributed by atoms with Crippen LogP contribution in [0.15, 0.2) is 83.8 Å². The van der Waals surface area contributed by atoms with Crippen molar-refractivity contribution >= 4 is 21.6 Å². The number of anilines is 1. The Morgan fingerprint density at radius 2 is 1.57 bits per heavy atom. The quantitative estimate of drug-likeness (QED) is 0.683. The molecule has 4 rings (SSSR count). The van der Waals surface area contributed by atoms with Crippen LogP contribution in [-0.4, -0.2) is 31.8 Å². The van der Waals surface area contributed by atoms with Crippen LogP contribution in [-0.2, 0) is 27.8 Å². The number of amides is 1. The summed E-state index contributed by atoms with van der Waals surface area (Å²) in [5.74, 6) is 0.119. The molecule has 0 saturated heterocycles. The second-order valence-electron chi connectivity index (χ2n) is 7.04. The van der Waals surface area contributed by atoms with Gasteiger partial charge in [0.2, 0.25) is 15.9 Å². The molecule has 0 fully saturated rings. The largest absolute Gasteiger partial charge is 0.495 e. The van der Waals surface area contributed by atoms with E-state index in [-0.39, 0.29) is 11.4 Å². The van der Waals surface area contributed by atoms with Crippen LogP contribution in [0.5, 0.6) is 5.75 Å². The molecule has 0 aliphatic carbocycles. The number of methoxy groups -OCH3 is 1. The standard InChI is InChI=1S/C23H22N2O4S/c1-29-22-14-8-7-13-20(22)24-23(26)21-15-17-9-5-6-10-18(17)16-25(21)30(27,28)19-11-3-2-4-12-19/h2-14,21H,15-16H2,1H3,(H,24,26)/t21-/m0/s1. The Balaban J connectivity index is 1.72. The lowest BCUT2D eigenvalue weighted by atomic mass is 9.95. The molecule has 1 amide bonds. The zero-order valence-corrected chi connectivity index (χ0v) is 17.3. The first-order valence-electron chi connectivity index (χ1n) is 9.58. The first kappa shape index (κ1) is 20.1. The van der Waals surface area contributed by atoms with Crippen molar-refractivity contribution in [3.05, 3.63) is 90.0 Å². The average molecular weight is 423 g/mol. The van der Waals surface area contributed by atoms with E-state index in [1.54, 1.807) is 54.6 Å². The second kappa shape index (κ2) is 8.30. The predicted octanol–water partition coefficient (Wildman–Crippen LogP) is 3.45. The molecule has 3 aromatic rings. The number of rotatable bonds is 5. The number of benzene rings is 3. The van der Waals surface area contributed by atoms with E-state index >= 15 is 0 Å². The summed E-state index contributed by atoms with van der Waals surface area (Å²) >= 11 is 0. The fourth-order valence-corrected chi connectivity index (χ4v) is 5.25. The zero-order valence-electron chi connectivity index (χ0n) is 16.5. The van der Waals surface area contributed by atoms with Crippen LogP contribution in [0.2, 0.25) is 0 Å². The van der Waals surface area contributed by atoms with Crippen molar-refractivity contribution < 1.29 is 17.9 Å². The van der Waals surface area contributed by atoms with Gasteiger partial charge in [0.1, 0.15) is 11.8 Å². The minimum absolute atomic E-state index is 0.136. The third kappa shape index (κ3) is 3.81. The molecule has 0 bridgehead atoms. The third-order valence-electron chi connectivity index (χ3n) is 5.22. The van der Waals surface area contributed by atoms with Gasteiger partial charge in [0.05, 0.1) is 17.7 Å². The number of carbonyl (C=O) groups excluding carboxylic acids is 1. The molecule has 1 heterocycles. The number of para-hydroxylation sites is 2. The molecule has 0 aromatic heterocycles. The molecule has 0 unspecified atom stereocenters. The predicted molar refractivity (Wildman–Crippen MR) is 115 cm³/mol. The third-order valence-corrected chi connectivity index (χ3v) is 7.09. The van der Waals surface area contributed by atoms with Gasteiger partial charge in [-0.1, -0.05) is 54.6 Å². The second-order valence-corrected chi connectivity index (χ2v) is 8.93. The van der Waals surface area contributed by atoms with E-state index in [9.17, 15) is 13.2 Å². The summed E-state index contributed by atoms with van der Waals surface area (Å²) < 4.78 is 33.4. The zero-order chi connectivity index (χ0) is 21.1. The lowest BCUT2D eigenvalue weighted by molar-refractivity contribution is -0.120. The molecule has 1 N–H and O–H groups in total. The highest BCUT2D eigenvalue weighted by molar-refractivity contribution is 7.89. The Kier molecular flexibility index (Phi) is 5.57. The lowest BCUT2D eigenvalue weighted by Crippen LogP contribution is -2.50. The molecule has 7 heteroatoms. The van der Waals surface area contributed by atoms with E-state index in [1.165, 1.54) is 11.4 Å². The number of carbonyl (C=O) groups is 1. The molecule has 0 spiro atoms. The van der Waals surface area contributed by atoms with Crippen LogP contribution < -0.4 is 10.1 Å². The summed E-state index contributed by atoms with van der Waals surface area (Å²) in [5, 5.41) is 2.85. The molecule has 1 aliphatic rings. The highest BCUT2D eigenvalue weighted by Crippen LogP contribution is 2.31. The molecule has 3 aromatic carbocycles. The van der Waals surface area contributed by atoms with Gasteiger partial charge in [0, 0.05) is 6.54 Å². The van der Waals surface area contributed by atoms with Gasteiger partial charge in [-0.2, -0.15) is 4.31 Å². The van der Waals surface area contributed by atoms with Crippen molar-refractivity contribution in [2.45, 2.75) is 23.9 Å². The maximum atomic E-state index is 13.4. The smallest absolute Gasteiger partial charge is 0.244 e.